The van der Waals surface area contributed by atoms with E-state index in [0.717, 1.165) is 44.2 Å². The van der Waals surface area contributed by atoms with Crippen LogP contribution in [0.15, 0.2) is 18.2 Å². The van der Waals surface area contributed by atoms with E-state index >= 15 is 0 Å². The molecule has 0 radical (unpaired) electrons. The van der Waals surface area contributed by atoms with Gasteiger partial charge < -0.3 is 10.2 Å². The molecule has 0 bridgehead atoms. The van der Waals surface area contributed by atoms with Crippen LogP contribution in [0.1, 0.15) is 18.9 Å². The van der Waals surface area contributed by atoms with Crippen molar-refractivity contribution in [2.45, 2.75) is 25.8 Å². The largest absolute Gasteiger partial charge is 0.313 e. The lowest BCUT2D eigenvalue weighted by atomic mass is 10.1. The predicted octanol–water partition coefficient (Wildman–Crippen LogP) is 2.19. The Bertz CT molecular complexity index is 375. The highest BCUT2D eigenvalue weighted by Gasteiger charge is 2.12. The molecule has 0 amide bonds. The molecule has 1 aliphatic rings. The van der Waals surface area contributed by atoms with Gasteiger partial charge in [0.05, 0.1) is 0 Å². The summed E-state index contributed by atoms with van der Waals surface area (Å²) in [5, 5.41) is 3.43. The molecule has 1 unspecified atom stereocenters. The topological polar surface area (TPSA) is 15.3 Å². The van der Waals surface area contributed by atoms with Gasteiger partial charge >= 0.3 is 0 Å². The van der Waals surface area contributed by atoms with E-state index < -0.39 is 11.6 Å². The molecule has 2 rings (SSSR count). The maximum absolute atomic E-state index is 13.0. The molecule has 1 fully saturated rings. The summed E-state index contributed by atoms with van der Waals surface area (Å²) in [4.78, 5) is 2.35. The van der Waals surface area contributed by atoms with Crippen LogP contribution in [0, 0.1) is 11.6 Å². The molecule has 4 heteroatoms. The molecular weight excluding hydrogens is 234 g/mol. The Balaban J connectivity index is 1.86. The summed E-state index contributed by atoms with van der Waals surface area (Å²) in [6.45, 7) is 6.08. The normalized spacial score (nSPS) is 21.8. The lowest BCUT2D eigenvalue weighted by molar-refractivity contribution is 0.294. The van der Waals surface area contributed by atoms with Gasteiger partial charge in [0.25, 0.3) is 0 Å². The average molecular weight is 254 g/mol. The van der Waals surface area contributed by atoms with Crippen LogP contribution >= 0.6 is 0 Å². The van der Waals surface area contributed by atoms with Crippen molar-refractivity contribution in [3.63, 3.8) is 0 Å². The summed E-state index contributed by atoms with van der Waals surface area (Å²) >= 11 is 0. The molecular formula is C14H20F2N2. The molecule has 1 N–H and O–H groups in total. The van der Waals surface area contributed by atoms with Crippen LogP contribution in [-0.2, 0) is 6.42 Å². The van der Waals surface area contributed by atoms with E-state index in [9.17, 15) is 8.78 Å². The Morgan fingerprint density at radius 1 is 1.22 bits per heavy atom. The molecule has 100 valence electrons. The summed E-state index contributed by atoms with van der Waals surface area (Å²) in [5.74, 6) is -0.979. The number of nitrogens with zero attached hydrogens (tertiary/aromatic N) is 1. The molecule has 1 aliphatic heterocycles. The zero-order valence-electron chi connectivity index (χ0n) is 10.8. The second-order valence-electron chi connectivity index (χ2n) is 5.01. The number of halogens is 2. The Labute approximate surface area is 107 Å². The highest BCUT2D eigenvalue weighted by Crippen LogP contribution is 2.10. The van der Waals surface area contributed by atoms with Gasteiger partial charge in [-0.25, -0.2) is 8.78 Å². The molecule has 1 heterocycles. The maximum atomic E-state index is 13.0. The van der Waals surface area contributed by atoms with E-state index in [-0.39, 0.29) is 0 Å². The van der Waals surface area contributed by atoms with Crippen LogP contribution in [0.3, 0.4) is 0 Å². The highest BCUT2D eigenvalue weighted by atomic mass is 19.1. The zero-order valence-corrected chi connectivity index (χ0v) is 10.8. The van der Waals surface area contributed by atoms with Gasteiger partial charge in [-0.15, -0.1) is 0 Å². The minimum Gasteiger partial charge on any atom is -0.313 e. The van der Waals surface area contributed by atoms with Crippen LogP contribution in [0.5, 0.6) is 0 Å². The van der Waals surface area contributed by atoms with Crippen molar-refractivity contribution < 1.29 is 8.78 Å². The number of hydrogen-bond acceptors (Lipinski definition) is 2. The molecule has 1 atom stereocenters. The summed E-state index contributed by atoms with van der Waals surface area (Å²) in [6, 6.07) is 4.31. The number of benzene rings is 1. The fourth-order valence-corrected chi connectivity index (χ4v) is 2.33. The van der Waals surface area contributed by atoms with Crippen molar-refractivity contribution in [2.24, 2.45) is 0 Å². The van der Waals surface area contributed by atoms with Crippen molar-refractivity contribution in [3.8, 4) is 0 Å². The molecule has 2 nitrogen and oxygen atoms in total. The molecule has 1 aromatic rings. The first kappa shape index (κ1) is 13.4. The van der Waals surface area contributed by atoms with Crippen molar-refractivity contribution in [1.29, 1.82) is 0 Å². The van der Waals surface area contributed by atoms with Crippen molar-refractivity contribution in [1.82, 2.24) is 10.2 Å². The van der Waals surface area contributed by atoms with Gasteiger partial charge in [-0.3, -0.25) is 0 Å². The van der Waals surface area contributed by atoms with Gasteiger partial charge in [-0.2, -0.15) is 0 Å². The SMILES string of the molecule is CC1CCN(CCc2cc(F)cc(F)c2)CCN1. The minimum atomic E-state index is -0.490. The summed E-state index contributed by atoms with van der Waals surface area (Å²) in [5.41, 5.74) is 0.734. The lowest BCUT2D eigenvalue weighted by Gasteiger charge is -2.19. The number of nitrogens with one attached hydrogen (secondary N) is 1. The fraction of sp³-hybridized carbons (Fsp3) is 0.571. The van der Waals surface area contributed by atoms with Gasteiger partial charge in [-0.05, 0) is 44.0 Å². The summed E-state index contributed by atoms with van der Waals surface area (Å²) in [6.07, 6.45) is 1.82. The third-order valence-electron chi connectivity index (χ3n) is 3.44. The highest BCUT2D eigenvalue weighted by molar-refractivity contribution is 5.18. The van der Waals surface area contributed by atoms with Gasteiger partial charge in [0.1, 0.15) is 11.6 Å². The van der Waals surface area contributed by atoms with Crippen LogP contribution in [0.25, 0.3) is 0 Å². The second kappa shape index (κ2) is 6.25. The summed E-state index contributed by atoms with van der Waals surface area (Å²) < 4.78 is 26.1. The minimum absolute atomic E-state index is 0.490. The monoisotopic (exact) mass is 254 g/mol. The standard InChI is InChI=1S/C14H20F2N2/c1-11-2-5-18(7-4-17-11)6-3-12-8-13(15)10-14(16)9-12/h8-11,17H,2-7H2,1H3. The van der Waals surface area contributed by atoms with E-state index in [4.69, 9.17) is 0 Å². The number of hydrogen-bond donors (Lipinski definition) is 1. The van der Waals surface area contributed by atoms with Gasteiger partial charge in [-0.1, -0.05) is 0 Å². The van der Waals surface area contributed by atoms with E-state index in [1.165, 1.54) is 12.1 Å². The second-order valence-corrected chi connectivity index (χ2v) is 5.01. The van der Waals surface area contributed by atoms with Crippen LogP contribution in [0.4, 0.5) is 8.78 Å². The maximum Gasteiger partial charge on any atom is 0.126 e. The predicted molar refractivity (Wildman–Crippen MR) is 68.6 cm³/mol. The van der Waals surface area contributed by atoms with E-state index in [2.05, 4.69) is 17.1 Å². The first-order valence-corrected chi connectivity index (χ1v) is 6.54. The van der Waals surface area contributed by atoms with Gasteiger partial charge in [0.2, 0.25) is 0 Å². The molecule has 0 spiro atoms. The molecule has 1 aromatic carbocycles. The third kappa shape index (κ3) is 4.03. The average Bonchev–Trinajstić information content (AvgIpc) is 2.50. The van der Waals surface area contributed by atoms with E-state index in [1.807, 2.05) is 0 Å². The van der Waals surface area contributed by atoms with Crippen LogP contribution < -0.4 is 5.32 Å². The first-order valence-electron chi connectivity index (χ1n) is 6.54. The first-order chi connectivity index (χ1) is 8.63. The Hall–Kier alpha value is -1.00. The van der Waals surface area contributed by atoms with E-state index in [1.54, 1.807) is 0 Å². The van der Waals surface area contributed by atoms with Crippen LogP contribution in [0.2, 0.25) is 0 Å². The molecule has 18 heavy (non-hydrogen) atoms. The molecule has 0 aromatic heterocycles. The number of rotatable bonds is 3. The molecule has 0 aliphatic carbocycles. The smallest absolute Gasteiger partial charge is 0.126 e. The Morgan fingerprint density at radius 3 is 2.67 bits per heavy atom. The van der Waals surface area contributed by atoms with Crippen molar-refractivity contribution >= 4 is 0 Å². The Kier molecular flexibility index (Phi) is 4.66. The van der Waals surface area contributed by atoms with E-state index in [0.29, 0.717) is 12.5 Å². The van der Waals surface area contributed by atoms with Crippen molar-refractivity contribution in [2.75, 3.05) is 26.2 Å². The van der Waals surface area contributed by atoms with Gasteiger partial charge in [0.15, 0.2) is 0 Å². The Morgan fingerprint density at radius 2 is 1.94 bits per heavy atom. The molecule has 1 saturated heterocycles. The van der Waals surface area contributed by atoms with Crippen molar-refractivity contribution in [3.05, 3.63) is 35.4 Å². The lowest BCUT2D eigenvalue weighted by Crippen LogP contribution is -2.30. The van der Waals surface area contributed by atoms with Gasteiger partial charge in [0, 0.05) is 31.7 Å². The third-order valence-corrected chi connectivity index (χ3v) is 3.44. The summed E-state index contributed by atoms with van der Waals surface area (Å²) in [7, 11) is 0. The fourth-order valence-electron chi connectivity index (χ4n) is 2.33. The van der Waals surface area contributed by atoms with Crippen LogP contribution in [-0.4, -0.2) is 37.1 Å². The zero-order chi connectivity index (χ0) is 13.0. The molecule has 0 saturated carbocycles. The quantitative estimate of drug-likeness (QED) is 0.889.